The molecule has 0 fully saturated rings. The Labute approximate surface area is 114 Å². The Balaban J connectivity index is 1.95. The molecule has 0 unspecified atom stereocenters. The van der Waals surface area contributed by atoms with Crippen LogP contribution in [0, 0.1) is 6.92 Å². The molecular weight excluding hydrogens is 244 g/mol. The summed E-state index contributed by atoms with van der Waals surface area (Å²) in [6, 6.07) is 10.5. The smallest absolute Gasteiger partial charge is 0.130 e. The maximum atomic E-state index is 6.27. The summed E-state index contributed by atoms with van der Waals surface area (Å²) in [7, 11) is 0. The summed E-state index contributed by atoms with van der Waals surface area (Å²) in [6.07, 6.45) is 3.07. The van der Waals surface area contributed by atoms with E-state index in [4.69, 9.17) is 11.6 Å². The van der Waals surface area contributed by atoms with Crippen LogP contribution in [-0.4, -0.2) is 9.78 Å². The Morgan fingerprint density at radius 2 is 1.94 bits per heavy atom. The molecule has 18 heavy (non-hydrogen) atoms. The molecule has 0 saturated heterocycles. The van der Waals surface area contributed by atoms with Gasteiger partial charge in [-0.2, -0.15) is 5.10 Å². The van der Waals surface area contributed by atoms with Crippen LogP contribution in [0.5, 0.6) is 0 Å². The normalized spacial score (nSPS) is 10.8. The van der Waals surface area contributed by atoms with E-state index in [-0.39, 0.29) is 0 Å². The quantitative estimate of drug-likeness (QED) is 0.795. The van der Waals surface area contributed by atoms with Gasteiger partial charge in [0.05, 0.1) is 5.69 Å². The SMILES string of the molecule is CCc1nn(CCCc2ccccc2)c(Cl)c1C. The molecule has 0 bridgehead atoms. The van der Waals surface area contributed by atoms with Gasteiger partial charge in [-0.15, -0.1) is 0 Å². The summed E-state index contributed by atoms with van der Waals surface area (Å²) >= 11 is 6.27. The van der Waals surface area contributed by atoms with Crippen molar-refractivity contribution in [2.24, 2.45) is 0 Å². The molecule has 96 valence electrons. The first-order valence-electron chi connectivity index (χ1n) is 6.48. The molecule has 1 aromatic carbocycles. The van der Waals surface area contributed by atoms with Gasteiger partial charge in [0.2, 0.25) is 0 Å². The topological polar surface area (TPSA) is 17.8 Å². The molecule has 0 amide bonds. The first-order chi connectivity index (χ1) is 8.72. The number of hydrogen-bond donors (Lipinski definition) is 0. The van der Waals surface area contributed by atoms with E-state index in [2.05, 4.69) is 36.3 Å². The Morgan fingerprint density at radius 1 is 1.22 bits per heavy atom. The number of benzene rings is 1. The number of hydrogen-bond acceptors (Lipinski definition) is 1. The largest absolute Gasteiger partial charge is 0.253 e. The van der Waals surface area contributed by atoms with Crippen molar-refractivity contribution in [3.05, 3.63) is 52.3 Å². The van der Waals surface area contributed by atoms with Crippen LogP contribution in [-0.2, 0) is 19.4 Å². The molecule has 0 atom stereocenters. The van der Waals surface area contributed by atoms with Crippen LogP contribution in [0.15, 0.2) is 30.3 Å². The van der Waals surface area contributed by atoms with Crippen molar-refractivity contribution in [1.82, 2.24) is 9.78 Å². The van der Waals surface area contributed by atoms with Crippen LogP contribution >= 0.6 is 11.6 Å². The lowest BCUT2D eigenvalue weighted by Gasteiger charge is -2.03. The number of nitrogens with zero attached hydrogens (tertiary/aromatic N) is 2. The summed E-state index contributed by atoms with van der Waals surface area (Å²) < 4.78 is 1.93. The van der Waals surface area contributed by atoms with Gasteiger partial charge in [0.1, 0.15) is 5.15 Å². The van der Waals surface area contributed by atoms with E-state index in [9.17, 15) is 0 Å². The fourth-order valence-corrected chi connectivity index (χ4v) is 2.37. The van der Waals surface area contributed by atoms with Crippen LogP contribution < -0.4 is 0 Å². The maximum absolute atomic E-state index is 6.27. The lowest BCUT2D eigenvalue weighted by atomic mass is 10.1. The Hall–Kier alpha value is -1.28. The lowest BCUT2D eigenvalue weighted by Crippen LogP contribution is -2.02. The summed E-state index contributed by atoms with van der Waals surface area (Å²) in [5, 5.41) is 5.34. The van der Waals surface area contributed by atoms with Crippen LogP contribution in [0.25, 0.3) is 0 Å². The standard InChI is InChI=1S/C15H19ClN2/c1-3-14-12(2)15(16)18(17-14)11-7-10-13-8-5-4-6-9-13/h4-6,8-9H,3,7,10-11H2,1-2H3. The molecule has 0 spiro atoms. The predicted octanol–water partition coefficient (Wildman–Crippen LogP) is 4.04. The monoisotopic (exact) mass is 262 g/mol. The van der Waals surface area contributed by atoms with Crippen molar-refractivity contribution in [3.63, 3.8) is 0 Å². The van der Waals surface area contributed by atoms with Gasteiger partial charge < -0.3 is 0 Å². The average molecular weight is 263 g/mol. The predicted molar refractivity (Wildman–Crippen MR) is 76.1 cm³/mol. The maximum Gasteiger partial charge on any atom is 0.130 e. The number of aryl methyl sites for hydroxylation is 3. The second kappa shape index (κ2) is 6.05. The molecular formula is C15H19ClN2. The zero-order valence-corrected chi connectivity index (χ0v) is 11.7. The van der Waals surface area contributed by atoms with Gasteiger partial charge in [0.15, 0.2) is 0 Å². The van der Waals surface area contributed by atoms with E-state index in [1.807, 2.05) is 17.7 Å². The molecule has 2 aromatic rings. The minimum absolute atomic E-state index is 0.792. The summed E-state index contributed by atoms with van der Waals surface area (Å²) in [4.78, 5) is 0. The third kappa shape index (κ3) is 2.94. The molecule has 1 aromatic heterocycles. The first-order valence-corrected chi connectivity index (χ1v) is 6.86. The molecule has 0 aliphatic heterocycles. The molecule has 0 N–H and O–H groups in total. The molecule has 2 nitrogen and oxygen atoms in total. The molecule has 0 saturated carbocycles. The number of aromatic nitrogens is 2. The Bertz CT molecular complexity index is 503. The summed E-state index contributed by atoms with van der Waals surface area (Å²) in [5.41, 5.74) is 3.60. The van der Waals surface area contributed by atoms with E-state index in [1.54, 1.807) is 0 Å². The summed E-state index contributed by atoms with van der Waals surface area (Å²) in [5.74, 6) is 0. The van der Waals surface area contributed by atoms with Gasteiger partial charge in [-0.05, 0) is 31.7 Å². The second-order valence-corrected chi connectivity index (χ2v) is 4.89. The van der Waals surface area contributed by atoms with Gasteiger partial charge in [-0.1, -0.05) is 48.9 Å². The highest BCUT2D eigenvalue weighted by atomic mass is 35.5. The third-order valence-corrected chi connectivity index (χ3v) is 3.70. The van der Waals surface area contributed by atoms with Crippen LogP contribution in [0.3, 0.4) is 0 Å². The highest BCUT2D eigenvalue weighted by Crippen LogP contribution is 2.19. The molecule has 0 aliphatic rings. The third-order valence-electron chi connectivity index (χ3n) is 3.22. The molecule has 0 radical (unpaired) electrons. The first kappa shape index (κ1) is 13.2. The number of rotatable bonds is 5. The van der Waals surface area contributed by atoms with E-state index in [0.29, 0.717) is 0 Å². The van der Waals surface area contributed by atoms with Crippen molar-refractivity contribution < 1.29 is 0 Å². The van der Waals surface area contributed by atoms with E-state index >= 15 is 0 Å². The van der Waals surface area contributed by atoms with E-state index < -0.39 is 0 Å². The summed E-state index contributed by atoms with van der Waals surface area (Å²) in [6.45, 7) is 5.04. The van der Waals surface area contributed by atoms with Gasteiger partial charge in [0.25, 0.3) is 0 Å². The lowest BCUT2D eigenvalue weighted by molar-refractivity contribution is 0.573. The average Bonchev–Trinajstić information content (AvgIpc) is 2.68. The fourth-order valence-electron chi connectivity index (χ4n) is 2.14. The molecule has 2 rings (SSSR count). The van der Waals surface area contributed by atoms with Crippen LogP contribution in [0.1, 0.15) is 30.2 Å². The van der Waals surface area contributed by atoms with E-state index in [1.165, 1.54) is 5.56 Å². The number of halogens is 1. The van der Waals surface area contributed by atoms with Gasteiger partial charge >= 0.3 is 0 Å². The molecule has 3 heteroatoms. The van der Waals surface area contributed by atoms with Gasteiger partial charge in [0, 0.05) is 12.1 Å². The zero-order chi connectivity index (χ0) is 13.0. The van der Waals surface area contributed by atoms with Crippen molar-refractivity contribution >= 4 is 11.6 Å². The highest BCUT2D eigenvalue weighted by Gasteiger charge is 2.10. The minimum Gasteiger partial charge on any atom is -0.253 e. The molecule has 0 aliphatic carbocycles. The van der Waals surface area contributed by atoms with Gasteiger partial charge in [-0.25, -0.2) is 0 Å². The minimum atomic E-state index is 0.792. The van der Waals surface area contributed by atoms with Crippen LogP contribution in [0.2, 0.25) is 5.15 Å². The Morgan fingerprint density at radius 3 is 2.56 bits per heavy atom. The zero-order valence-electron chi connectivity index (χ0n) is 11.0. The molecule has 1 heterocycles. The van der Waals surface area contributed by atoms with Crippen molar-refractivity contribution in [2.75, 3.05) is 0 Å². The fraction of sp³-hybridized carbons (Fsp3) is 0.400. The van der Waals surface area contributed by atoms with E-state index in [0.717, 1.165) is 42.2 Å². The van der Waals surface area contributed by atoms with Crippen LogP contribution in [0.4, 0.5) is 0 Å². The van der Waals surface area contributed by atoms with Crippen molar-refractivity contribution in [2.45, 2.75) is 39.7 Å². The van der Waals surface area contributed by atoms with Gasteiger partial charge in [-0.3, -0.25) is 4.68 Å². The van der Waals surface area contributed by atoms with Crippen molar-refractivity contribution in [3.8, 4) is 0 Å². The Kier molecular flexibility index (Phi) is 4.43. The second-order valence-electron chi connectivity index (χ2n) is 4.53. The van der Waals surface area contributed by atoms with Crippen molar-refractivity contribution in [1.29, 1.82) is 0 Å². The highest BCUT2D eigenvalue weighted by molar-refractivity contribution is 6.30.